The SMILES string of the molecule is C.C.C.C.C.C.C.C.CCc1cccn1C.Cc1cc[nH]c1.Cc1ccc(C)n1C.Cc1ccc[nH]1.Cc1cccc(=O)[nH]1.Cc1cccn1C.Cc1ccn[nH]1.Cc1cncs1.Cc1cscn1.Cc1nccs1.Cn1cccc1.Cn1cccc1.Cn1ccnc1. The van der Waals surface area contributed by atoms with E-state index in [1.807, 2.05) is 228 Å². The zero-order chi connectivity index (χ0) is 63.0. The molecule has 13 aromatic heterocycles. The number of nitrogens with zero attached hydrogens (tertiary/aromatic N) is 11. The Morgan fingerprint density at radius 3 is 1.25 bits per heavy atom. The number of aryl methyl sites for hydroxylation is 16. The maximum absolute atomic E-state index is 10.4. The van der Waals surface area contributed by atoms with Gasteiger partial charge in [0.05, 0.1) is 22.4 Å². The van der Waals surface area contributed by atoms with Gasteiger partial charge in [-0.15, -0.1) is 34.0 Å². The normalized spacial score (nSPS) is 8.31. The van der Waals surface area contributed by atoms with Crippen molar-refractivity contribution in [3.8, 4) is 0 Å². The smallest absolute Gasteiger partial charge is 0.248 e. The van der Waals surface area contributed by atoms with Gasteiger partial charge in [-0.25, -0.2) is 4.98 Å². The Labute approximate surface area is 576 Å². The Balaban J connectivity index is -0.000000139. The lowest BCUT2D eigenvalue weighted by Crippen LogP contribution is -2.02. The van der Waals surface area contributed by atoms with Crippen molar-refractivity contribution in [2.45, 2.75) is 142 Å². The average Bonchev–Trinajstić information content (AvgIpc) is 4.29. The zero-order valence-corrected chi connectivity index (χ0v) is 55.5. The summed E-state index contributed by atoms with van der Waals surface area (Å²) in [6, 6.07) is 33.6. The summed E-state index contributed by atoms with van der Waals surface area (Å²) in [6.45, 7) is 22.4. The van der Waals surface area contributed by atoms with E-state index in [0.29, 0.717) is 0 Å². The number of pyridine rings is 1. The van der Waals surface area contributed by atoms with Crippen LogP contribution in [0.3, 0.4) is 0 Å². The van der Waals surface area contributed by atoms with Crippen LogP contribution in [0.2, 0.25) is 0 Å². The highest BCUT2D eigenvalue weighted by molar-refractivity contribution is 7.09. The maximum Gasteiger partial charge on any atom is 0.248 e. The van der Waals surface area contributed by atoms with Gasteiger partial charge < -0.3 is 42.4 Å². The van der Waals surface area contributed by atoms with Crippen molar-refractivity contribution < 1.29 is 0 Å². The number of hydrogen-bond acceptors (Lipinski definition) is 9. The Bertz CT molecular complexity index is 2940. The fourth-order valence-corrected chi connectivity index (χ4v) is 7.27. The van der Waals surface area contributed by atoms with Crippen LogP contribution in [0.5, 0.6) is 0 Å². The van der Waals surface area contributed by atoms with Crippen LogP contribution < -0.4 is 5.56 Å². The summed E-state index contributed by atoms with van der Waals surface area (Å²) < 4.78 is 12.3. The molecule has 0 saturated heterocycles. The first-order valence-corrected chi connectivity index (χ1v) is 30.1. The van der Waals surface area contributed by atoms with Crippen LogP contribution in [0.4, 0.5) is 0 Å². The lowest BCUT2D eigenvalue weighted by molar-refractivity contribution is 0.838. The second kappa shape index (κ2) is 63.4. The van der Waals surface area contributed by atoms with Gasteiger partial charge in [-0.1, -0.05) is 72.4 Å². The van der Waals surface area contributed by atoms with E-state index < -0.39 is 0 Å². The third kappa shape index (κ3) is 55.8. The van der Waals surface area contributed by atoms with E-state index in [-0.39, 0.29) is 65.0 Å². The van der Waals surface area contributed by atoms with Gasteiger partial charge in [0, 0.05) is 196 Å². The molecule has 0 fully saturated rings. The van der Waals surface area contributed by atoms with Crippen molar-refractivity contribution in [1.29, 1.82) is 0 Å². The largest absolute Gasteiger partial charge is 0.367 e. The highest BCUT2D eigenvalue weighted by Crippen LogP contribution is 2.03. The van der Waals surface area contributed by atoms with Crippen LogP contribution in [-0.4, -0.2) is 72.5 Å². The van der Waals surface area contributed by atoms with Crippen LogP contribution in [0.1, 0.15) is 127 Å². The monoisotopic (exact) mass is 1340 g/mol. The molecule has 19 heteroatoms. The summed E-state index contributed by atoms with van der Waals surface area (Å²) in [4.78, 5) is 35.7. The first kappa shape index (κ1) is 100. The molecule has 0 saturated carbocycles. The van der Waals surface area contributed by atoms with Crippen LogP contribution in [0.15, 0.2) is 223 Å². The number of thiazole rings is 3. The molecule has 13 heterocycles. The van der Waals surface area contributed by atoms with Crippen LogP contribution in [-0.2, 0) is 48.7 Å². The molecule has 4 N–H and O–H groups in total. The van der Waals surface area contributed by atoms with Crippen molar-refractivity contribution in [3.63, 3.8) is 0 Å². The van der Waals surface area contributed by atoms with E-state index in [4.69, 9.17) is 0 Å². The topological polar surface area (TPSA) is 174 Å². The molecule has 0 aromatic carbocycles. The van der Waals surface area contributed by atoms with Gasteiger partial charge in [-0.05, 0) is 172 Å². The van der Waals surface area contributed by atoms with E-state index in [1.165, 1.54) is 45.0 Å². The highest BCUT2D eigenvalue weighted by Gasteiger charge is 1.91. The lowest BCUT2D eigenvalue weighted by atomic mass is 10.3. The van der Waals surface area contributed by atoms with Crippen molar-refractivity contribution >= 4 is 34.0 Å². The zero-order valence-electron chi connectivity index (χ0n) is 53.0. The summed E-state index contributed by atoms with van der Waals surface area (Å²) in [5.74, 6) is 0. The fourth-order valence-electron chi connectivity index (χ4n) is 5.88. The lowest BCUT2D eigenvalue weighted by Gasteiger charge is -1.96. The third-order valence-corrected chi connectivity index (χ3v) is 13.2. The maximum atomic E-state index is 10.4. The first-order valence-electron chi connectivity index (χ1n) is 27.4. The van der Waals surface area contributed by atoms with Gasteiger partial charge in [0.15, 0.2) is 0 Å². The van der Waals surface area contributed by atoms with Crippen LogP contribution in [0.25, 0.3) is 0 Å². The highest BCUT2D eigenvalue weighted by atomic mass is 32.1. The first-order chi connectivity index (χ1) is 40.7. The van der Waals surface area contributed by atoms with Crippen molar-refractivity contribution in [2.24, 2.45) is 42.3 Å². The van der Waals surface area contributed by atoms with Crippen molar-refractivity contribution in [2.75, 3.05) is 0 Å². The molecular formula is C74H125N15OS3. The molecule has 0 radical (unpaired) electrons. The van der Waals surface area contributed by atoms with Crippen molar-refractivity contribution in [1.82, 2.24) is 72.5 Å². The number of nitrogens with one attached hydrogen (secondary N) is 4. The number of aromatic amines is 4. The Kier molecular flexibility index (Phi) is 68.4. The number of imidazole rings is 1. The molecule has 0 spiro atoms. The minimum Gasteiger partial charge on any atom is -0.367 e. The van der Waals surface area contributed by atoms with Gasteiger partial charge in [-0.2, -0.15) is 5.10 Å². The third-order valence-electron chi connectivity index (χ3n) is 11.1. The van der Waals surface area contributed by atoms with Crippen LogP contribution >= 0.6 is 34.0 Å². The number of hydrogen-bond donors (Lipinski definition) is 4. The van der Waals surface area contributed by atoms with Gasteiger partial charge in [0.1, 0.15) is 0 Å². The second-order valence-electron chi connectivity index (χ2n) is 18.8. The minimum atomic E-state index is -0.0370. The minimum absolute atomic E-state index is 0. The Hall–Kier alpha value is -8.78. The average molecular weight is 1340 g/mol. The molecule has 16 nitrogen and oxygen atoms in total. The molecular weight excluding hydrogens is 1210 g/mol. The molecule has 0 bridgehead atoms. The van der Waals surface area contributed by atoms with E-state index >= 15 is 0 Å². The predicted octanol–water partition coefficient (Wildman–Crippen LogP) is 20.5. The number of rotatable bonds is 1. The molecule has 0 amide bonds. The van der Waals surface area contributed by atoms with Gasteiger partial charge in [-0.3, -0.25) is 24.8 Å². The van der Waals surface area contributed by atoms with Gasteiger partial charge in [0.2, 0.25) is 5.56 Å². The van der Waals surface area contributed by atoms with E-state index in [9.17, 15) is 4.79 Å². The summed E-state index contributed by atoms with van der Waals surface area (Å²) in [5, 5.41) is 11.6. The fraction of sp³-hybridized carbons (Fsp3) is 0.351. The quantitative estimate of drug-likeness (QED) is 0.127. The van der Waals surface area contributed by atoms with E-state index in [0.717, 1.165) is 28.5 Å². The number of H-pyrrole nitrogens is 4. The summed E-state index contributed by atoms with van der Waals surface area (Å²) in [7, 11) is 12.1. The molecule has 520 valence electrons. The van der Waals surface area contributed by atoms with E-state index in [1.54, 1.807) is 65.0 Å². The van der Waals surface area contributed by atoms with Gasteiger partial charge in [0.25, 0.3) is 0 Å². The number of aromatic nitrogens is 15. The molecule has 0 atom stereocenters. The van der Waals surface area contributed by atoms with Gasteiger partial charge >= 0.3 is 0 Å². The molecule has 0 aliphatic heterocycles. The summed E-state index contributed by atoms with van der Waals surface area (Å²) >= 11 is 4.96. The summed E-state index contributed by atoms with van der Waals surface area (Å²) in [5.41, 5.74) is 14.6. The predicted molar refractivity (Wildman–Crippen MR) is 414 cm³/mol. The Morgan fingerprint density at radius 2 is 1.09 bits per heavy atom. The van der Waals surface area contributed by atoms with Crippen LogP contribution in [0, 0.1) is 69.2 Å². The van der Waals surface area contributed by atoms with E-state index in [2.05, 4.69) is 144 Å². The van der Waals surface area contributed by atoms with Crippen molar-refractivity contribution in [3.05, 3.63) is 289 Å². The standard InChI is InChI=1S/2C7H11N.C6H7NO.C6H9N.4C5H7N.2C4H6N2.3C4H5NS.8CH4/c1-6-4-5-7(2)8(6)3;1-3-7-5-4-6-8(7)2;1-5-3-2-4-6(8)7-5;1-6-4-3-5-7(6)2;1-5-2-3-6-4-5;2*1-6-4-2-3-5-6;1-5-3-2-4-6-5;1-6-3-2-5-4-6;1-4-2-3-5-6-4;1-4-2-6-3-5-4;1-4-2-5-3-6-4;1-4-5-2-3-6-4;;;;;;;;/h4-5H,1-3H3;4-6H,3H2,1-2H3;2-4H,1H3,(H,7,8);3-5H,1-2H3;2-4,6H,1H3;2*2-5H,1H3;2-4,6H,1H3;2-4H,1H3;2-3H,1H3,(H,5,6);3*2-3H,1H3;8*1H4. The molecule has 13 aromatic rings. The molecule has 0 aliphatic rings. The molecule has 13 rings (SSSR count). The molecule has 0 aliphatic carbocycles. The summed E-state index contributed by atoms with van der Waals surface area (Å²) in [6.07, 6.45) is 29.8. The molecule has 93 heavy (non-hydrogen) atoms. The Morgan fingerprint density at radius 1 is 0.495 bits per heavy atom. The molecule has 0 unspecified atom stereocenters. The second-order valence-corrected chi connectivity index (χ2v) is 21.7.